The van der Waals surface area contributed by atoms with E-state index in [0.29, 0.717) is 6.42 Å². The molecule has 4 rings (SSSR count). The van der Waals surface area contributed by atoms with E-state index in [0.717, 1.165) is 37.5 Å². The van der Waals surface area contributed by atoms with Crippen LogP contribution in [0.5, 0.6) is 5.75 Å². The summed E-state index contributed by atoms with van der Waals surface area (Å²) in [6, 6.07) is 16.7. The number of ether oxygens (including phenoxy) is 1. The number of methoxy groups -OCH3 is 1. The lowest BCUT2D eigenvalue weighted by molar-refractivity contribution is -0.130. The molecule has 0 aliphatic carbocycles. The van der Waals surface area contributed by atoms with Gasteiger partial charge in [-0.25, -0.2) is 0 Å². The number of rotatable bonds is 5. The first-order chi connectivity index (χ1) is 14.2. The summed E-state index contributed by atoms with van der Waals surface area (Å²) in [5.74, 6) is 1.02. The van der Waals surface area contributed by atoms with Crippen LogP contribution in [-0.2, 0) is 11.2 Å². The fraction of sp³-hybridized carbons (Fsp3) is 0.458. The Hall–Kier alpha value is -2.69. The topological polar surface area (TPSA) is 36.0 Å². The highest BCUT2D eigenvalue weighted by Crippen LogP contribution is 2.24. The molecule has 5 nitrogen and oxygen atoms in total. The van der Waals surface area contributed by atoms with Crippen molar-refractivity contribution in [1.29, 1.82) is 0 Å². The number of anilines is 2. The zero-order chi connectivity index (χ0) is 20.1. The van der Waals surface area contributed by atoms with Gasteiger partial charge < -0.3 is 19.4 Å². The molecule has 2 aliphatic rings. The van der Waals surface area contributed by atoms with Crippen LogP contribution in [0.2, 0.25) is 0 Å². The van der Waals surface area contributed by atoms with E-state index < -0.39 is 0 Å². The molecule has 0 unspecified atom stereocenters. The number of piperidine rings is 1. The number of hydrogen-bond donors (Lipinski definition) is 0. The molecule has 0 bridgehead atoms. The smallest absolute Gasteiger partial charge is 0.227 e. The Morgan fingerprint density at radius 1 is 0.759 bits per heavy atom. The van der Waals surface area contributed by atoms with E-state index >= 15 is 0 Å². The van der Waals surface area contributed by atoms with Gasteiger partial charge in [-0.1, -0.05) is 12.1 Å². The van der Waals surface area contributed by atoms with Crippen molar-refractivity contribution < 1.29 is 9.53 Å². The van der Waals surface area contributed by atoms with Gasteiger partial charge in [0, 0.05) is 50.6 Å². The van der Waals surface area contributed by atoms with Crippen molar-refractivity contribution in [3.05, 3.63) is 54.1 Å². The second-order valence-electron chi connectivity index (χ2n) is 7.96. The van der Waals surface area contributed by atoms with Crippen LogP contribution >= 0.6 is 0 Å². The normalized spacial score (nSPS) is 17.3. The first-order valence-electron chi connectivity index (χ1n) is 10.7. The molecule has 0 N–H and O–H groups in total. The summed E-state index contributed by atoms with van der Waals surface area (Å²) < 4.78 is 5.18. The van der Waals surface area contributed by atoms with Crippen molar-refractivity contribution >= 4 is 17.3 Å². The van der Waals surface area contributed by atoms with Gasteiger partial charge in [-0.2, -0.15) is 0 Å². The second-order valence-corrected chi connectivity index (χ2v) is 7.96. The fourth-order valence-electron chi connectivity index (χ4n) is 4.27. The van der Waals surface area contributed by atoms with Crippen LogP contribution < -0.4 is 14.5 Å². The Labute approximate surface area is 173 Å². The summed E-state index contributed by atoms with van der Waals surface area (Å²) in [4.78, 5) is 19.5. The van der Waals surface area contributed by atoms with E-state index in [-0.39, 0.29) is 5.91 Å². The van der Waals surface area contributed by atoms with Crippen molar-refractivity contribution in [2.45, 2.75) is 25.7 Å². The molecule has 2 aliphatic heterocycles. The molecule has 2 fully saturated rings. The SMILES string of the molecule is COc1ccc(CC(=O)N2CCN(c3ccc(N4CCCCC4)cc3)CC2)cc1. The molecule has 0 spiro atoms. The Kier molecular flexibility index (Phi) is 6.23. The van der Waals surface area contributed by atoms with Gasteiger partial charge in [0.05, 0.1) is 13.5 Å². The molecule has 0 radical (unpaired) electrons. The van der Waals surface area contributed by atoms with Crippen LogP contribution in [0.25, 0.3) is 0 Å². The molecule has 2 heterocycles. The summed E-state index contributed by atoms with van der Waals surface area (Å²) in [6.45, 7) is 5.68. The van der Waals surface area contributed by atoms with E-state index in [2.05, 4.69) is 34.1 Å². The van der Waals surface area contributed by atoms with Gasteiger partial charge in [-0.05, 0) is 61.2 Å². The molecule has 2 aromatic carbocycles. The monoisotopic (exact) mass is 393 g/mol. The van der Waals surface area contributed by atoms with E-state index in [9.17, 15) is 4.79 Å². The lowest BCUT2D eigenvalue weighted by Gasteiger charge is -2.36. The molecule has 5 heteroatoms. The molecule has 1 amide bonds. The van der Waals surface area contributed by atoms with Crippen LogP contribution in [0.1, 0.15) is 24.8 Å². The molecule has 2 aromatic rings. The highest BCUT2D eigenvalue weighted by molar-refractivity contribution is 5.79. The van der Waals surface area contributed by atoms with Gasteiger partial charge in [-0.15, -0.1) is 0 Å². The maximum Gasteiger partial charge on any atom is 0.227 e. The Morgan fingerprint density at radius 2 is 1.31 bits per heavy atom. The largest absolute Gasteiger partial charge is 0.497 e. The number of amides is 1. The number of carbonyl (C=O) groups is 1. The molecular formula is C24H31N3O2. The highest BCUT2D eigenvalue weighted by atomic mass is 16.5. The number of hydrogen-bond acceptors (Lipinski definition) is 4. The summed E-state index contributed by atoms with van der Waals surface area (Å²) in [5.41, 5.74) is 3.63. The van der Waals surface area contributed by atoms with Crippen molar-refractivity contribution in [3.63, 3.8) is 0 Å². The molecule has 0 aromatic heterocycles. The summed E-state index contributed by atoms with van der Waals surface area (Å²) in [5, 5.41) is 0. The van der Waals surface area contributed by atoms with Crippen molar-refractivity contribution in [2.24, 2.45) is 0 Å². The predicted octanol–water partition coefficient (Wildman–Crippen LogP) is 3.58. The first kappa shape index (κ1) is 19.6. The third-order valence-electron chi connectivity index (χ3n) is 6.08. The van der Waals surface area contributed by atoms with Crippen LogP contribution in [-0.4, -0.2) is 57.2 Å². The number of benzene rings is 2. The predicted molar refractivity (Wildman–Crippen MR) is 118 cm³/mol. The minimum Gasteiger partial charge on any atom is -0.497 e. The fourth-order valence-corrected chi connectivity index (χ4v) is 4.27. The maximum atomic E-state index is 12.7. The van der Waals surface area contributed by atoms with Gasteiger partial charge in [0.25, 0.3) is 0 Å². The molecular weight excluding hydrogens is 362 g/mol. The third-order valence-corrected chi connectivity index (χ3v) is 6.08. The van der Waals surface area contributed by atoms with Gasteiger partial charge in [0.2, 0.25) is 5.91 Å². The van der Waals surface area contributed by atoms with Crippen molar-refractivity contribution in [2.75, 3.05) is 56.2 Å². The van der Waals surface area contributed by atoms with Crippen LogP contribution in [0.3, 0.4) is 0 Å². The van der Waals surface area contributed by atoms with Crippen LogP contribution in [0, 0.1) is 0 Å². The van der Waals surface area contributed by atoms with Crippen LogP contribution in [0.4, 0.5) is 11.4 Å². The lowest BCUT2D eigenvalue weighted by Crippen LogP contribution is -2.49. The Morgan fingerprint density at radius 3 is 1.86 bits per heavy atom. The third kappa shape index (κ3) is 4.84. The minimum absolute atomic E-state index is 0.204. The van der Waals surface area contributed by atoms with Gasteiger partial charge in [0.1, 0.15) is 5.75 Å². The van der Waals surface area contributed by atoms with Gasteiger partial charge in [-0.3, -0.25) is 4.79 Å². The first-order valence-corrected chi connectivity index (χ1v) is 10.7. The molecule has 154 valence electrons. The van der Waals surface area contributed by atoms with Gasteiger partial charge >= 0.3 is 0 Å². The molecule has 0 saturated carbocycles. The summed E-state index contributed by atoms with van der Waals surface area (Å²) >= 11 is 0. The maximum absolute atomic E-state index is 12.7. The van der Waals surface area contributed by atoms with Crippen molar-refractivity contribution in [1.82, 2.24) is 4.90 Å². The van der Waals surface area contributed by atoms with Crippen molar-refractivity contribution in [3.8, 4) is 5.75 Å². The highest BCUT2D eigenvalue weighted by Gasteiger charge is 2.21. The van der Waals surface area contributed by atoms with Gasteiger partial charge in [0.15, 0.2) is 0 Å². The van der Waals surface area contributed by atoms with E-state index in [1.807, 2.05) is 29.2 Å². The summed E-state index contributed by atoms with van der Waals surface area (Å²) in [6.07, 6.45) is 4.41. The average Bonchev–Trinajstić information content (AvgIpc) is 2.80. The zero-order valence-electron chi connectivity index (χ0n) is 17.3. The average molecular weight is 394 g/mol. The second kappa shape index (κ2) is 9.21. The zero-order valence-corrected chi connectivity index (χ0v) is 17.3. The van der Waals surface area contributed by atoms with E-state index in [1.54, 1.807) is 7.11 Å². The number of nitrogens with zero attached hydrogens (tertiary/aromatic N) is 3. The number of piperazine rings is 1. The summed E-state index contributed by atoms with van der Waals surface area (Å²) in [7, 11) is 1.65. The minimum atomic E-state index is 0.204. The standard InChI is InChI=1S/C24H31N3O2/c1-29-23-11-5-20(6-12-23)19-24(28)27-17-15-26(16-18-27)22-9-7-21(8-10-22)25-13-3-2-4-14-25/h5-12H,2-4,13-19H2,1H3. The van der Waals surface area contributed by atoms with Crippen LogP contribution in [0.15, 0.2) is 48.5 Å². The van der Waals surface area contributed by atoms with E-state index in [1.165, 1.54) is 43.7 Å². The lowest BCUT2D eigenvalue weighted by atomic mass is 10.1. The van der Waals surface area contributed by atoms with E-state index in [4.69, 9.17) is 4.74 Å². The molecule has 2 saturated heterocycles. The Balaban J connectivity index is 1.28. The Bertz CT molecular complexity index is 790. The quantitative estimate of drug-likeness (QED) is 0.778. The molecule has 29 heavy (non-hydrogen) atoms. The molecule has 0 atom stereocenters. The number of carbonyl (C=O) groups excluding carboxylic acids is 1.